The number of hydrogen-bond acceptors (Lipinski definition) is 1. The summed E-state index contributed by atoms with van der Waals surface area (Å²) in [7, 11) is 0. The highest BCUT2D eigenvalue weighted by Gasteiger charge is 1.98. The minimum Gasteiger partial charge on any atom is -0.0876 e. The first-order valence-corrected chi connectivity index (χ1v) is 4.67. The highest BCUT2D eigenvalue weighted by atomic mass is 79.9. The van der Waals surface area contributed by atoms with Crippen molar-refractivity contribution in [2.24, 2.45) is 5.11 Å². The first kappa shape index (κ1) is 9.39. The van der Waals surface area contributed by atoms with Crippen LogP contribution in [0.2, 0.25) is 5.02 Å². The Hall–Kier alpha value is -0.700. The minimum atomic E-state index is 0.462. The molecule has 62 valence electrons. The van der Waals surface area contributed by atoms with Gasteiger partial charge in [-0.1, -0.05) is 44.8 Å². The van der Waals surface area contributed by atoms with Crippen LogP contribution in [-0.4, -0.2) is 0 Å². The molecular weight excluding hydrogens is 241 g/mol. The molecule has 1 aromatic carbocycles. The molecule has 3 nitrogen and oxygen atoms in total. The lowest BCUT2D eigenvalue weighted by molar-refractivity contribution is 1.40. The Labute approximate surface area is 83.1 Å². The molecule has 0 aliphatic heterocycles. The van der Waals surface area contributed by atoms with Crippen LogP contribution in [0.1, 0.15) is 5.56 Å². The lowest BCUT2D eigenvalue weighted by Gasteiger charge is -1.98. The molecule has 0 radical (unpaired) electrons. The predicted octanol–water partition coefficient (Wildman–Crippen LogP) is 4.18. The van der Waals surface area contributed by atoms with Gasteiger partial charge in [-0.05, 0) is 17.2 Å². The van der Waals surface area contributed by atoms with Gasteiger partial charge in [-0.25, -0.2) is 0 Å². The summed E-state index contributed by atoms with van der Waals surface area (Å²) < 4.78 is 0. The smallest absolute Gasteiger partial charge is 0.0561 e. The zero-order valence-electron chi connectivity index (χ0n) is 6.04. The number of halogens is 2. The Morgan fingerprint density at radius 3 is 2.83 bits per heavy atom. The third-order valence-electron chi connectivity index (χ3n) is 1.32. The van der Waals surface area contributed by atoms with Crippen LogP contribution in [0.5, 0.6) is 0 Å². The first-order chi connectivity index (χ1) is 5.77. The highest BCUT2D eigenvalue weighted by Crippen LogP contribution is 2.26. The summed E-state index contributed by atoms with van der Waals surface area (Å²) in [4.78, 5) is 2.65. The fourth-order valence-electron chi connectivity index (χ4n) is 0.763. The Bertz CT molecular complexity index is 333. The zero-order chi connectivity index (χ0) is 8.97. The van der Waals surface area contributed by atoms with Crippen molar-refractivity contribution >= 4 is 33.2 Å². The molecule has 0 N–H and O–H groups in total. The van der Waals surface area contributed by atoms with Crippen LogP contribution in [0.4, 0.5) is 5.69 Å². The summed E-state index contributed by atoms with van der Waals surface area (Å²) in [5, 5.41) is 4.63. The molecule has 0 bridgehead atoms. The van der Waals surface area contributed by atoms with Crippen LogP contribution in [0, 0.1) is 0 Å². The van der Waals surface area contributed by atoms with Crippen LogP contribution in [0.3, 0.4) is 0 Å². The van der Waals surface area contributed by atoms with E-state index in [1.54, 1.807) is 12.1 Å². The van der Waals surface area contributed by atoms with Crippen LogP contribution >= 0.6 is 27.5 Å². The molecular formula is C7H5BrClN3. The second-order valence-corrected chi connectivity index (χ2v) is 3.08. The second kappa shape index (κ2) is 4.36. The van der Waals surface area contributed by atoms with E-state index in [0.29, 0.717) is 10.7 Å². The molecule has 0 aromatic heterocycles. The van der Waals surface area contributed by atoms with Crippen molar-refractivity contribution in [3.8, 4) is 0 Å². The lowest BCUT2D eigenvalue weighted by Crippen LogP contribution is -1.75. The molecule has 0 aliphatic rings. The quantitative estimate of drug-likeness (QED) is 0.325. The van der Waals surface area contributed by atoms with Crippen molar-refractivity contribution in [3.05, 3.63) is 39.2 Å². The SMILES string of the molecule is [N-]=[N+]=Nc1ccc(CBr)cc1Cl. The van der Waals surface area contributed by atoms with Crippen molar-refractivity contribution in [2.45, 2.75) is 5.33 Å². The van der Waals surface area contributed by atoms with Crippen molar-refractivity contribution in [3.63, 3.8) is 0 Å². The topological polar surface area (TPSA) is 48.8 Å². The van der Waals surface area contributed by atoms with E-state index in [-0.39, 0.29) is 0 Å². The van der Waals surface area contributed by atoms with Gasteiger partial charge in [0.25, 0.3) is 0 Å². The molecule has 1 aromatic rings. The van der Waals surface area contributed by atoms with Crippen LogP contribution in [0.25, 0.3) is 10.4 Å². The predicted molar refractivity (Wildman–Crippen MR) is 52.9 cm³/mol. The maximum Gasteiger partial charge on any atom is 0.0561 e. The van der Waals surface area contributed by atoms with E-state index >= 15 is 0 Å². The molecule has 0 amide bonds. The van der Waals surface area contributed by atoms with E-state index < -0.39 is 0 Å². The number of rotatable bonds is 2. The normalized spacial score (nSPS) is 9.17. The third kappa shape index (κ3) is 2.14. The van der Waals surface area contributed by atoms with Crippen LogP contribution < -0.4 is 0 Å². The molecule has 0 aliphatic carbocycles. The number of hydrogen-bond donors (Lipinski definition) is 0. The minimum absolute atomic E-state index is 0.462. The standard InChI is InChI=1S/C7H5BrClN3/c8-4-5-1-2-7(11-12-10)6(9)3-5/h1-3H,4H2. The second-order valence-electron chi connectivity index (χ2n) is 2.11. The molecule has 0 fully saturated rings. The maximum atomic E-state index is 8.16. The number of alkyl halides is 1. The van der Waals surface area contributed by atoms with Crippen molar-refractivity contribution in [2.75, 3.05) is 0 Å². The summed E-state index contributed by atoms with van der Waals surface area (Å²) in [5.74, 6) is 0. The fraction of sp³-hybridized carbons (Fsp3) is 0.143. The van der Waals surface area contributed by atoms with Gasteiger partial charge in [0, 0.05) is 10.2 Å². The average Bonchev–Trinajstić information content (AvgIpc) is 2.09. The van der Waals surface area contributed by atoms with Crippen molar-refractivity contribution in [1.82, 2.24) is 0 Å². The van der Waals surface area contributed by atoms with E-state index in [4.69, 9.17) is 17.1 Å². The largest absolute Gasteiger partial charge is 0.0876 e. The Balaban J connectivity index is 3.11. The fourth-order valence-corrected chi connectivity index (χ4v) is 1.35. The molecule has 0 saturated carbocycles. The summed E-state index contributed by atoms with van der Waals surface area (Å²) in [5.41, 5.74) is 9.68. The highest BCUT2D eigenvalue weighted by molar-refractivity contribution is 9.08. The van der Waals surface area contributed by atoms with Gasteiger partial charge >= 0.3 is 0 Å². The van der Waals surface area contributed by atoms with Gasteiger partial charge in [0.15, 0.2) is 0 Å². The van der Waals surface area contributed by atoms with Gasteiger partial charge in [-0.15, -0.1) is 0 Å². The van der Waals surface area contributed by atoms with E-state index in [1.165, 1.54) is 0 Å². The number of benzene rings is 1. The average molecular weight is 246 g/mol. The zero-order valence-corrected chi connectivity index (χ0v) is 8.38. The summed E-state index contributed by atoms with van der Waals surface area (Å²) in [6, 6.07) is 5.31. The molecule has 0 saturated heterocycles. The third-order valence-corrected chi connectivity index (χ3v) is 2.27. The number of azide groups is 1. The van der Waals surface area contributed by atoms with E-state index in [9.17, 15) is 0 Å². The Morgan fingerprint density at radius 1 is 1.58 bits per heavy atom. The molecule has 12 heavy (non-hydrogen) atoms. The molecule has 0 atom stereocenters. The molecule has 0 unspecified atom stereocenters. The van der Waals surface area contributed by atoms with Crippen LogP contribution in [-0.2, 0) is 5.33 Å². The first-order valence-electron chi connectivity index (χ1n) is 3.17. The van der Waals surface area contributed by atoms with Crippen molar-refractivity contribution < 1.29 is 0 Å². The molecule has 0 heterocycles. The van der Waals surface area contributed by atoms with Gasteiger partial charge in [0.1, 0.15) is 0 Å². The maximum absolute atomic E-state index is 8.16. The van der Waals surface area contributed by atoms with Gasteiger partial charge in [-0.2, -0.15) is 0 Å². The monoisotopic (exact) mass is 245 g/mol. The van der Waals surface area contributed by atoms with E-state index in [2.05, 4.69) is 26.0 Å². The van der Waals surface area contributed by atoms with Gasteiger partial charge < -0.3 is 0 Å². The van der Waals surface area contributed by atoms with Gasteiger partial charge in [0.05, 0.1) is 10.7 Å². The van der Waals surface area contributed by atoms with Gasteiger partial charge in [0.2, 0.25) is 0 Å². The molecule has 0 spiro atoms. The van der Waals surface area contributed by atoms with Gasteiger partial charge in [-0.3, -0.25) is 0 Å². The van der Waals surface area contributed by atoms with Crippen LogP contribution in [0.15, 0.2) is 23.3 Å². The lowest BCUT2D eigenvalue weighted by atomic mass is 10.2. The number of nitrogens with zero attached hydrogens (tertiary/aromatic N) is 3. The molecule has 5 heteroatoms. The van der Waals surface area contributed by atoms with E-state index in [1.807, 2.05) is 6.07 Å². The molecule has 1 rings (SSSR count). The van der Waals surface area contributed by atoms with E-state index in [0.717, 1.165) is 10.9 Å². The Kier molecular flexibility index (Phi) is 3.41. The summed E-state index contributed by atoms with van der Waals surface area (Å²) in [6.07, 6.45) is 0. The van der Waals surface area contributed by atoms with Crippen molar-refractivity contribution in [1.29, 1.82) is 0 Å². The summed E-state index contributed by atoms with van der Waals surface area (Å²) >= 11 is 9.09. The summed E-state index contributed by atoms with van der Waals surface area (Å²) in [6.45, 7) is 0. The Morgan fingerprint density at radius 2 is 2.33 bits per heavy atom.